The van der Waals surface area contributed by atoms with Gasteiger partial charge in [-0.3, -0.25) is 9.59 Å². The summed E-state index contributed by atoms with van der Waals surface area (Å²) in [5.41, 5.74) is 2.17. The minimum atomic E-state index is -0.324. The Labute approximate surface area is 167 Å². The van der Waals surface area contributed by atoms with Gasteiger partial charge in [0.05, 0.1) is 10.7 Å². The average Bonchev–Trinajstić information content (AvgIpc) is 2.69. The van der Waals surface area contributed by atoms with Crippen LogP contribution in [-0.4, -0.2) is 18.9 Å². The Bertz CT molecular complexity index is 973. The summed E-state index contributed by atoms with van der Waals surface area (Å²) >= 11 is 11.9. The van der Waals surface area contributed by atoms with Crippen molar-refractivity contribution in [2.24, 2.45) is 0 Å². The van der Waals surface area contributed by atoms with Crippen LogP contribution in [0.1, 0.15) is 20.7 Å². The van der Waals surface area contributed by atoms with Crippen LogP contribution in [0.25, 0.3) is 0 Å². The fourth-order valence-electron chi connectivity index (χ4n) is 2.51. The molecular formula is C21H16Cl2N2O2. The molecule has 2 amide bonds. The van der Waals surface area contributed by atoms with E-state index < -0.39 is 0 Å². The molecule has 0 spiro atoms. The molecule has 0 saturated heterocycles. The first-order chi connectivity index (χ1) is 13.0. The maximum Gasteiger partial charge on any atom is 0.258 e. The molecular weight excluding hydrogens is 383 g/mol. The highest BCUT2D eigenvalue weighted by Crippen LogP contribution is 2.26. The van der Waals surface area contributed by atoms with Crippen LogP contribution in [0.3, 0.4) is 0 Å². The number of benzene rings is 3. The van der Waals surface area contributed by atoms with Crippen LogP contribution >= 0.6 is 23.2 Å². The highest BCUT2D eigenvalue weighted by molar-refractivity contribution is 6.36. The Kier molecular flexibility index (Phi) is 5.79. The van der Waals surface area contributed by atoms with Gasteiger partial charge in [0.25, 0.3) is 11.8 Å². The average molecular weight is 399 g/mol. The topological polar surface area (TPSA) is 49.4 Å². The fraction of sp³-hybridized carbons (Fsp3) is 0.0476. The molecule has 0 heterocycles. The number of halogens is 2. The van der Waals surface area contributed by atoms with Crippen molar-refractivity contribution in [3.63, 3.8) is 0 Å². The largest absolute Gasteiger partial charge is 0.321 e. The number of hydrogen-bond acceptors (Lipinski definition) is 2. The van der Waals surface area contributed by atoms with Crippen molar-refractivity contribution in [1.29, 1.82) is 0 Å². The third kappa shape index (κ3) is 4.48. The zero-order valence-corrected chi connectivity index (χ0v) is 16.0. The lowest BCUT2D eigenvalue weighted by atomic mass is 10.1. The lowest BCUT2D eigenvalue weighted by Crippen LogP contribution is -2.26. The standard InChI is InChI=1S/C21H16Cl2N2O2/c1-25(17-5-3-2-4-6-17)21(27)15-9-7-14(8-10-15)20(26)24-19-12-11-16(22)13-18(19)23/h2-13H,1H3,(H,24,26). The van der Waals surface area contributed by atoms with Crippen LogP contribution in [0.4, 0.5) is 11.4 Å². The molecule has 4 nitrogen and oxygen atoms in total. The van der Waals surface area contributed by atoms with Crippen molar-refractivity contribution in [1.82, 2.24) is 0 Å². The number of carbonyl (C=O) groups excluding carboxylic acids is 2. The van der Waals surface area contributed by atoms with E-state index in [0.717, 1.165) is 5.69 Å². The van der Waals surface area contributed by atoms with Crippen LogP contribution in [0.2, 0.25) is 10.0 Å². The summed E-state index contributed by atoms with van der Waals surface area (Å²) in [7, 11) is 1.71. The number of para-hydroxylation sites is 1. The summed E-state index contributed by atoms with van der Waals surface area (Å²) in [4.78, 5) is 26.5. The molecule has 0 saturated carbocycles. The summed E-state index contributed by atoms with van der Waals surface area (Å²) in [6.07, 6.45) is 0. The van der Waals surface area contributed by atoms with Crippen molar-refractivity contribution in [2.45, 2.75) is 0 Å². The number of nitrogens with one attached hydrogen (secondary N) is 1. The Morgan fingerprint density at radius 3 is 2.11 bits per heavy atom. The van der Waals surface area contributed by atoms with E-state index in [1.807, 2.05) is 30.3 Å². The normalized spacial score (nSPS) is 10.3. The summed E-state index contributed by atoms with van der Waals surface area (Å²) in [5, 5.41) is 3.57. The monoisotopic (exact) mass is 398 g/mol. The van der Waals surface area contributed by atoms with Gasteiger partial charge in [-0.25, -0.2) is 0 Å². The van der Waals surface area contributed by atoms with Crippen LogP contribution in [0.5, 0.6) is 0 Å². The molecule has 0 atom stereocenters. The van der Waals surface area contributed by atoms with Gasteiger partial charge in [0.15, 0.2) is 0 Å². The Morgan fingerprint density at radius 2 is 1.48 bits per heavy atom. The van der Waals surface area contributed by atoms with Crippen molar-refractivity contribution in [2.75, 3.05) is 17.3 Å². The molecule has 3 rings (SSSR count). The summed E-state index contributed by atoms with van der Waals surface area (Å²) in [5.74, 6) is -0.483. The van der Waals surface area contributed by atoms with Crippen molar-refractivity contribution in [3.8, 4) is 0 Å². The molecule has 1 N–H and O–H groups in total. The summed E-state index contributed by atoms with van der Waals surface area (Å²) in [6.45, 7) is 0. The second-order valence-corrected chi connectivity index (χ2v) is 6.70. The van der Waals surface area contributed by atoms with Crippen molar-refractivity contribution >= 4 is 46.4 Å². The van der Waals surface area contributed by atoms with Gasteiger partial charge in [0, 0.05) is 28.9 Å². The van der Waals surface area contributed by atoms with Gasteiger partial charge >= 0.3 is 0 Å². The molecule has 0 aliphatic carbocycles. The SMILES string of the molecule is CN(C(=O)c1ccc(C(=O)Nc2ccc(Cl)cc2Cl)cc1)c1ccccc1. The van der Waals surface area contributed by atoms with Crippen LogP contribution in [0.15, 0.2) is 72.8 Å². The molecule has 0 unspecified atom stereocenters. The van der Waals surface area contributed by atoms with Crippen LogP contribution in [-0.2, 0) is 0 Å². The number of amides is 2. The first kappa shape index (κ1) is 19.0. The minimum absolute atomic E-state index is 0.158. The van der Waals surface area contributed by atoms with E-state index in [9.17, 15) is 9.59 Å². The van der Waals surface area contributed by atoms with Gasteiger partial charge in [-0.15, -0.1) is 0 Å². The maximum atomic E-state index is 12.6. The van der Waals surface area contributed by atoms with E-state index in [2.05, 4.69) is 5.32 Å². The lowest BCUT2D eigenvalue weighted by Gasteiger charge is -2.17. The lowest BCUT2D eigenvalue weighted by molar-refractivity contribution is 0.0989. The predicted molar refractivity (Wildman–Crippen MR) is 110 cm³/mol. The number of anilines is 2. The minimum Gasteiger partial charge on any atom is -0.321 e. The van der Waals surface area contributed by atoms with Crippen LogP contribution < -0.4 is 10.2 Å². The van der Waals surface area contributed by atoms with Gasteiger partial charge in [-0.05, 0) is 54.6 Å². The number of nitrogens with zero attached hydrogens (tertiary/aromatic N) is 1. The Balaban J connectivity index is 1.72. The number of carbonyl (C=O) groups is 2. The van der Waals surface area contributed by atoms with E-state index in [1.165, 1.54) is 0 Å². The molecule has 0 aromatic heterocycles. The van der Waals surface area contributed by atoms with E-state index >= 15 is 0 Å². The number of rotatable bonds is 4. The zero-order valence-electron chi connectivity index (χ0n) is 14.4. The van der Waals surface area contributed by atoms with Crippen LogP contribution in [0, 0.1) is 0 Å². The van der Waals surface area contributed by atoms with Gasteiger partial charge < -0.3 is 10.2 Å². The third-order valence-electron chi connectivity index (χ3n) is 4.02. The highest BCUT2D eigenvalue weighted by atomic mass is 35.5. The number of hydrogen-bond donors (Lipinski definition) is 1. The second kappa shape index (κ2) is 8.25. The van der Waals surface area contributed by atoms with E-state index in [4.69, 9.17) is 23.2 Å². The molecule has 27 heavy (non-hydrogen) atoms. The molecule has 136 valence electrons. The van der Waals surface area contributed by atoms with Crippen molar-refractivity contribution in [3.05, 3.63) is 94.0 Å². The Hall–Kier alpha value is -2.82. The molecule has 3 aromatic rings. The second-order valence-electron chi connectivity index (χ2n) is 5.86. The summed E-state index contributed by atoms with van der Waals surface area (Å²) < 4.78 is 0. The zero-order chi connectivity index (χ0) is 19.4. The first-order valence-corrected chi connectivity index (χ1v) is 8.91. The van der Waals surface area contributed by atoms with E-state index in [-0.39, 0.29) is 11.8 Å². The van der Waals surface area contributed by atoms with Gasteiger partial charge in [0.1, 0.15) is 0 Å². The predicted octanol–water partition coefficient (Wildman–Crippen LogP) is 5.52. The fourth-order valence-corrected chi connectivity index (χ4v) is 2.97. The van der Waals surface area contributed by atoms with Gasteiger partial charge in [0.2, 0.25) is 0 Å². The quantitative estimate of drug-likeness (QED) is 0.628. The first-order valence-electron chi connectivity index (χ1n) is 8.15. The molecule has 6 heteroatoms. The molecule has 0 radical (unpaired) electrons. The molecule has 0 aliphatic rings. The van der Waals surface area contributed by atoms with E-state index in [0.29, 0.717) is 26.9 Å². The van der Waals surface area contributed by atoms with E-state index in [1.54, 1.807) is 54.4 Å². The van der Waals surface area contributed by atoms with Gasteiger partial charge in [-0.1, -0.05) is 41.4 Å². The smallest absolute Gasteiger partial charge is 0.258 e. The third-order valence-corrected chi connectivity index (χ3v) is 4.57. The van der Waals surface area contributed by atoms with Gasteiger partial charge in [-0.2, -0.15) is 0 Å². The summed E-state index contributed by atoms with van der Waals surface area (Å²) in [6, 6.07) is 20.6. The highest BCUT2D eigenvalue weighted by Gasteiger charge is 2.15. The molecule has 0 aliphatic heterocycles. The molecule has 0 fully saturated rings. The maximum absolute atomic E-state index is 12.6. The molecule has 0 bridgehead atoms. The van der Waals surface area contributed by atoms with Crippen molar-refractivity contribution < 1.29 is 9.59 Å². The Morgan fingerprint density at radius 1 is 0.852 bits per heavy atom. The molecule has 3 aromatic carbocycles.